The molecule has 0 aliphatic heterocycles. The lowest BCUT2D eigenvalue weighted by molar-refractivity contribution is -0.384. The number of carboxylic acids is 1. The number of rotatable bonds is 9. The van der Waals surface area contributed by atoms with Gasteiger partial charge in [-0.2, -0.15) is 5.26 Å². The molecule has 0 fully saturated rings. The average molecular weight is 291 g/mol. The first-order valence-electron chi connectivity index (χ1n) is 6.69. The summed E-state index contributed by atoms with van der Waals surface area (Å²) < 4.78 is 0. The maximum Gasteiger partial charge on any atom is 0.309 e. The number of nitro groups is 1. The van der Waals surface area contributed by atoms with Crippen molar-refractivity contribution in [2.75, 3.05) is 11.9 Å². The SMILES string of the molecule is N#Cc1cccc(NCCCCCCC(=O)O)c1[N+](=O)[O-]. The zero-order valence-electron chi connectivity index (χ0n) is 11.5. The molecule has 1 rings (SSSR count). The number of nitro benzene ring substituents is 1. The minimum absolute atomic E-state index is 0.0338. The second kappa shape index (κ2) is 8.53. The summed E-state index contributed by atoms with van der Waals surface area (Å²) in [4.78, 5) is 20.8. The maximum absolute atomic E-state index is 11.0. The third-order valence-electron chi connectivity index (χ3n) is 2.97. The summed E-state index contributed by atoms with van der Waals surface area (Å²) in [5, 5.41) is 31.3. The Morgan fingerprint density at radius 1 is 1.33 bits per heavy atom. The lowest BCUT2D eigenvalue weighted by atomic mass is 10.1. The first-order valence-corrected chi connectivity index (χ1v) is 6.69. The van der Waals surface area contributed by atoms with E-state index in [9.17, 15) is 14.9 Å². The molecule has 0 unspecified atom stereocenters. The minimum Gasteiger partial charge on any atom is -0.481 e. The highest BCUT2D eigenvalue weighted by Crippen LogP contribution is 2.27. The van der Waals surface area contributed by atoms with Crippen molar-refractivity contribution in [2.24, 2.45) is 0 Å². The van der Waals surface area contributed by atoms with E-state index in [1.54, 1.807) is 12.1 Å². The Kier molecular flexibility index (Phi) is 6.68. The van der Waals surface area contributed by atoms with Gasteiger partial charge >= 0.3 is 11.7 Å². The van der Waals surface area contributed by atoms with Crippen LogP contribution < -0.4 is 5.32 Å². The summed E-state index contributed by atoms with van der Waals surface area (Å²) in [6.07, 6.45) is 3.26. The van der Waals surface area contributed by atoms with Crippen LogP contribution in [0.5, 0.6) is 0 Å². The molecule has 7 nitrogen and oxygen atoms in total. The van der Waals surface area contributed by atoms with Crippen molar-refractivity contribution in [3.63, 3.8) is 0 Å². The number of aliphatic carboxylic acids is 1. The van der Waals surface area contributed by atoms with Gasteiger partial charge in [0.2, 0.25) is 0 Å². The first kappa shape index (κ1) is 16.4. The van der Waals surface area contributed by atoms with Crippen LogP contribution >= 0.6 is 0 Å². The summed E-state index contributed by atoms with van der Waals surface area (Å²) >= 11 is 0. The number of nitriles is 1. The third-order valence-corrected chi connectivity index (χ3v) is 2.97. The monoisotopic (exact) mass is 291 g/mol. The number of unbranched alkanes of at least 4 members (excludes halogenated alkanes) is 3. The van der Waals surface area contributed by atoms with E-state index in [1.165, 1.54) is 6.07 Å². The zero-order valence-corrected chi connectivity index (χ0v) is 11.5. The molecule has 0 amide bonds. The van der Waals surface area contributed by atoms with E-state index < -0.39 is 10.9 Å². The molecule has 0 aliphatic carbocycles. The second-order valence-electron chi connectivity index (χ2n) is 4.56. The van der Waals surface area contributed by atoms with Gasteiger partial charge in [-0.05, 0) is 25.0 Å². The third kappa shape index (κ3) is 5.48. The van der Waals surface area contributed by atoms with Crippen LogP contribution in [0.4, 0.5) is 11.4 Å². The largest absolute Gasteiger partial charge is 0.481 e. The molecular formula is C14H17N3O4. The molecule has 0 heterocycles. The smallest absolute Gasteiger partial charge is 0.309 e. The van der Waals surface area contributed by atoms with E-state index in [2.05, 4.69) is 5.32 Å². The van der Waals surface area contributed by atoms with Gasteiger partial charge in [0.25, 0.3) is 0 Å². The fourth-order valence-electron chi connectivity index (χ4n) is 1.95. The van der Waals surface area contributed by atoms with Gasteiger partial charge in [-0.25, -0.2) is 0 Å². The van der Waals surface area contributed by atoms with Gasteiger partial charge in [0.05, 0.1) is 4.92 Å². The number of hydrogen-bond acceptors (Lipinski definition) is 5. The zero-order chi connectivity index (χ0) is 15.7. The van der Waals surface area contributed by atoms with Crippen molar-refractivity contribution in [1.82, 2.24) is 0 Å². The van der Waals surface area contributed by atoms with Gasteiger partial charge in [0.1, 0.15) is 17.3 Å². The molecule has 1 aromatic carbocycles. The van der Waals surface area contributed by atoms with Gasteiger partial charge in [0.15, 0.2) is 0 Å². The predicted octanol–water partition coefficient (Wildman–Crippen LogP) is 2.91. The molecule has 0 saturated heterocycles. The summed E-state index contributed by atoms with van der Waals surface area (Å²) in [5.74, 6) is -0.794. The van der Waals surface area contributed by atoms with Crippen molar-refractivity contribution in [2.45, 2.75) is 32.1 Å². The quantitative estimate of drug-likeness (QED) is 0.410. The van der Waals surface area contributed by atoms with Crippen LogP contribution in [0.25, 0.3) is 0 Å². The van der Waals surface area contributed by atoms with Crippen LogP contribution in [0.15, 0.2) is 18.2 Å². The molecule has 7 heteroatoms. The summed E-state index contributed by atoms with van der Waals surface area (Å²) in [7, 11) is 0. The number of hydrogen-bond donors (Lipinski definition) is 2. The number of nitrogens with one attached hydrogen (secondary N) is 1. The van der Waals surface area contributed by atoms with Crippen LogP contribution in [-0.2, 0) is 4.79 Å². The molecule has 0 saturated carbocycles. The molecular weight excluding hydrogens is 274 g/mol. The van der Waals surface area contributed by atoms with Crippen LogP contribution in [0.2, 0.25) is 0 Å². The topological polar surface area (TPSA) is 116 Å². The average Bonchev–Trinajstić information content (AvgIpc) is 2.45. The maximum atomic E-state index is 11.0. The van der Waals surface area contributed by atoms with Crippen molar-refractivity contribution in [3.05, 3.63) is 33.9 Å². The number of carboxylic acid groups (broad SMARTS) is 1. The van der Waals surface area contributed by atoms with Crippen molar-refractivity contribution in [1.29, 1.82) is 5.26 Å². The Morgan fingerprint density at radius 3 is 2.67 bits per heavy atom. The molecule has 0 aliphatic rings. The van der Waals surface area contributed by atoms with E-state index in [1.807, 2.05) is 6.07 Å². The van der Waals surface area contributed by atoms with Gasteiger partial charge in [-0.15, -0.1) is 0 Å². The van der Waals surface area contributed by atoms with Gasteiger partial charge in [0, 0.05) is 13.0 Å². The number of carbonyl (C=O) groups is 1. The summed E-state index contributed by atoms with van der Waals surface area (Å²) in [6, 6.07) is 6.39. The molecule has 0 bridgehead atoms. The predicted molar refractivity (Wildman–Crippen MR) is 77.0 cm³/mol. The fourth-order valence-corrected chi connectivity index (χ4v) is 1.95. The van der Waals surface area contributed by atoms with Crippen LogP contribution in [0.1, 0.15) is 37.7 Å². The van der Waals surface area contributed by atoms with E-state index in [-0.39, 0.29) is 17.7 Å². The van der Waals surface area contributed by atoms with Crippen LogP contribution in [0, 0.1) is 21.4 Å². The molecule has 0 aromatic heterocycles. The van der Waals surface area contributed by atoms with Crippen molar-refractivity contribution in [3.8, 4) is 6.07 Å². The summed E-state index contributed by atoms with van der Waals surface area (Å²) in [6.45, 7) is 0.544. The Balaban J connectivity index is 2.44. The molecule has 112 valence electrons. The van der Waals surface area contributed by atoms with Crippen molar-refractivity contribution >= 4 is 17.3 Å². The Labute approximate surface area is 122 Å². The molecule has 1 aromatic rings. The lowest BCUT2D eigenvalue weighted by Gasteiger charge is -2.07. The summed E-state index contributed by atoms with van der Waals surface area (Å²) in [5.41, 5.74) is 0.168. The van der Waals surface area contributed by atoms with Crippen molar-refractivity contribution < 1.29 is 14.8 Å². The standard InChI is InChI=1S/C14H17N3O4/c15-10-11-6-5-7-12(14(11)17(20)21)16-9-4-2-1-3-8-13(18)19/h5-7,16H,1-4,8-9H2,(H,18,19). The Bertz CT molecular complexity index is 552. The fraction of sp³-hybridized carbons (Fsp3) is 0.429. The van der Waals surface area contributed by atoms with Crippen LogP contribution in [0.3, 0.4) is 0 Å². The molecule has 21 heavy (non-hydrogen) atoms. The van der Waals surface area contributed by atoms with Gasteiger partial charge < -0.3 is 10.4 Å². The number of benzene rings is 1. The molecule has 0 atom stereocenters. The minimum atomic E-state index is -0.794. The molecule has 0 spiro atoms. The van der Waals surface area contributed by atoms with E-state index in [0.717, 1.165) is 19.3 Å². The Morgan fingerprint density at radius 2 is 2.05 bits per heavy atom. The highest BCUT2D eigenvalue weighted by molar-refractivity contribution is 5.68. The molecule has 0 radical (unpaired) electrons. The number of para-hydroxylation sites is 1. The first-order chi connectivity index (χ1) is 10.1. The normalized spacial score (nSPS) is 9.86. The molecule has 2 N–H and O–H groups in total. The van der Waals surface area contributed by atoms with E-state index in [4.69, 9.17) is 10.4 Å². The van der Waals surface area contributed by atoms with E-state index >= 15 is 0 Å². The second-order valence-corrected chi connectivity index (χ2v) is 4.56. The Hall–Kier alpha value is -2.62. The van der Waals surface area contributed by atoms with Gasteiger partial charge in [-0.3, -0.25) is 14.9 Å². The number of nitrogens with zero attached hydrogens (tertiary/aromatic N) is 2. The van der Waals surface area contributed by atoms with Gasteiger partial charge in [-0.1, -0.05) is 18.9 Å². The van der Waals surface area contributed by atoms with Crippen LogP contribution in [-0.4, -0.2) is 22.5 Å². The highest BCUT2D eigenvalue weighted by atomic mass is 16.6. The number of anilines is 1. The lowest BCUT2D eigenvalue weighted by Crippen LogP contribution is -2.05. The highest BCUT2D eigenvalue weighted by Gasteiger charge is 2.18. The van der Waals surface area contributed by atoms with E-state index in [0.29, 0.717) is 18.7 Å².